The maximum Gasteiger partial charge on any atom is 0.303 e. The van der Waals surface area contributed by atoms with Crippen LogP contribution in [0.5, 0.6) is 0 Å². The number of rotatable bonds is 5. The number of carbonyl (C=O) groups is 2. The van der Waals surface area contributed by atoms with Crippen LogP contribution in [0.15, 0.2) is 17.5 Å². The number of aromatic nitrogens is 1. The number of aryl methyl sites for hydroxylation is 2. The van der Waals surface area contributed by atoms with Gasteiger partial charge in [-0.2, -0.15) is 0 Å². The Kier molecular flexibility index (Phi) is 4.28. The van der Waals surface area contributed by atoms with Gasteiger partial charge in [0, 0.05) is 4.88 Å². The molecule has 19 heavy (non-hydrogen) atoms. The SMILES string of the molecule is Cc1nc(NC(=O)c2cccs2)sc1CCC(=O)O. The molecule has 0 aliphatic carbocycles. The molecule has 0 aliphatic heterocycles. The molecule has 2 aromatic heterocycles. The first kappa shape index (κ1) is 13.7. The molecule has 2 rings (SSSR count). The van der Waals surface area contributed by atoms with Crippen LogP contribution in [0.4, 0.5) is 5.13 Å². The summed E-state index contributed by atoms with van der Waals surface area (Å²) in [6.07, 6.45) is 0.509. The Hall–Kier alpha value is -1.73. The van der Waals surface area contributed by atoms with Gasteiger partial charge in [-0.1, -0.05) is 6.07 Å². The molecule has 0 saturated heterocycles. The molecule has 7 heteroatoms. The van der Waals surface area contributed by atoms with Gasteiger partial charge in [-0.3, -0.25) is 14.9 Å². The molecule has 100 valence electrons. The number of aliphatic carboxylic acids is 1. The minimum Gasteiger partial charge on any atom is -0.481 e. The first-order valence-electron chi connectivity index (χ1n) is 5.59. The molecule has 5 nitrogen and oxygen atoms in total. The van der Waals surface area contributed by atoms with E-state index >= 15 is 0 Å². The van der Waals surface area contributed by atoms with Gasteiger partial charge in [0.25, 0.3) is 5.91 Å². The number of carbonyl (C=O) groups excluding carboxylic acids is 1. The van der Waals surface area contributed by atoms with Crippen LogP contribution in [0.2, 0.25) is 0 Å². The summed E-state index contributed by atoms with van der Waals surface area (Å²) < 4.78 is 0. The maximum atomic E-state index is 11.8. The van der Waals surface area contributed by atoms with Crippen molar-refractivity contribution in [1.29, 1.82) is 0 Å². The predicted octanol–water partition coefficient (Wildman–Crippen LogP) is 2.78. The zero-order valence-corrected chi connectivity index (χ0v) is 11.8. The Bertz CT molecular complexity index is 590. The van der Waals surface area contributed by atoms with Gasteiger partial charge in [0.05, 0.1) is 17.0 Å². The van der Waals surface area contributed by atoms with Gasteiger partial charge < -0.3 is 5.11 Å². The van der Waals surface area contributed by atoms with Gasteiger partial charge in [-0.05, 0) is 24.8 Å². The summed E-state index contributed by atoms with van der Waals surface area (Å²) in [6.45, 7) is 1.81. The smallest absolute Gasteiger partial charge is 0.303 e. The molecule has 0 spiro atoms. The summed E-state index contributed by atoms with van der Waals surface area (Å²) in [4.78, 5) is 28.1. The predicted molar refractivity (Wildman–Crippen MR) is 75.1 cm³/mol. The number of hydrogen-bond acceptors (Lipinski definition) is 5. The molecule has 0 fully saturated rings. The Morgan fingerprint density at radius 3 is 2.89 bits per heavy atom. The first-order chi connectivity index (χ1) is 9.06. The highest BCUT2D eigenvalue weighted by atomic mass is 32.1. The Morgan fingerprint density at radius 2 is 2.26 bits per heavy atom. The lowest BCUT2D eigenvalue weighted by molar-refractivity contribution is -0.136. The number of hydrogen-bond donors (Lipinski definition) is 2. The second-order valence-electron chi connectivity index (χ2n) is 3.85. The quantitative estimate of drug-likeness (QED) is 0.889. The fourth-order valence-electron chi connectivity index (χ4n) is 1.50. The molecule has 0 aromatic carbocycles. The van der Waals surface area contributed by atoms with Crippen LogP contribution in [0.1, 0.15) is 26.7 Å². The maximum absolute atomic E-state index is 11.8. The molecule has 0 atom stereocenters. The van der Waals surface area contributed by atoms with E-state index in [0.29, 0.717) is 16.4 Å². The van der Waals surface area contributed by atoms with Crippen LogP contribution < -0.4 is 5.32 Å². The molecule has 0 bridgehead atoms. The summed E-state index contributed by atoms with van der Waals surface area (Å²) in [5.74, 6) is -1.02. The highest BCUT2D eigenvalue weighted by Gasteiger charge is 2.13. The van der Waals surface area contributed by atoms with Crippen LogP contribution in [-0.2, 0) is 11.2 Å². The molecule has 0 unspecified atom stereocenters. The minimum absolute atomic E-state index is 0.0708. The van der Waals surface area contributed by atoms with Crippen LogP contribution in [-0.4, -0.2) is 22.0 Å². The van der Waals surface area contributed by atoms with Gasteiger partial charge in [0.15, 0.2) is 5.13 Å². The van der Waals surface area contributed by atoms with Crippen molar-refractivity contribution in [3.05, 3.63) is 33.0 Å². The number of carboxylic acids is 1. The lowest BCUT2D eigenvalue weighted by Crippen LogP contribution is -2.09. The molecule has 2 aromatic rings. The van der Waals surface area contributed by atoms with Gasteiger partial charge in [-0.15, -0.1) is 22.7 Å². The van der Waals surface area contributed by atoms with E-state index in [1.54, 1.807) is 6.07 Å². The Labute approximate surface area is 117 Å². The third-order valence-corrected chi connectivity index (χ3v) is 4.43. The number of anilines is 1. The van der Waals surface area contributed by atoms with Crippen molar-refractivity contribution in [2.75, 3.05) is 5.32 Å². The normalized spacial score (nSPS) is 10.4. The molecule has 2 heterocycles. The molecular weight excluding hydrogens is 284 g/mol. The minimum atomic E-state index is -0.836. The fraction of sp³-hybridized carbons (Fsp3) is 0.250. The van der Waals surface area contributed by atoms with Crippen molar-refractivity contribution in [3.8, 4) is 0 Å². The van der Waals surface area contributed by atoms with Crippen LogP contribution in [0, 0.1) is 6.92 Å². The average molecular weight is 296 g/mol. The van der Waals surface area contributed by atoms with E-state index in [1.165, 1.54) is 22.7 Å². The third-order valence-electron chi connectivity index (χ3n) is 2.42. The zero-order valence-electron chi connectivity index (χ0n) is 10.2. The summed E-state index contributed by atoms with van der Waals surface area (Å²) in [6, 6.07) is 3.55. The lowest BCUT2D eigenvalue weighted by atomic mass is 10.2. The van der Waals surface area contributed by atoms with Crippen molar-refractivity contribution in [2.24, 2.45) is 0 Å². The molecular formula is C12H12N2O3S2. The van der Waals surface area contributed by atoms with Crippen molar-refractivity contribution in [1.82, 2.24) is 4.98 Å². The zero-order chi connectivity index (χ0) is 13.8. The van der Waals surface area contributed by atoms with Gasteiger partial charge in [0.2, 0.25) is 0 Å². The van der Waals surface area contributed by atoms with E-state index in [1.807, 2.05) is 18.4 Å². The van der Waals surface area contributed by atoms with Gasteiger partial charge >= 0.3 is 5.97 Å². The van der Waals surface area contributed by atoms with Crippen molar-refractivity contribution in [3.63, 3.8) is 0 Å². The van der Waals surface area contributed by atoms with Crippen molar-refractivity contribution in [2.45, 2.75) is 19.8 Å². The highest BCUT2D eigenvalue weighted by molar-refractivity contribution is 7.16. The van der Waals surface area contributed by atoms with Gasteiger partial charge in [0.1, 0.15) is 0 Å². The molecule has 0 aliphatic rings. The van der Waals surface area contributed by atoms with E-state index in [9.17, 15) is 9.59 Å². The van der Waals surface area contributed by atoms with Crippen molar-refractivity contribution < 1.29 is 14.7 Å². The highest BCUT2D eigenvalue weighted by Crippen LogP contribution is 2.24. The standard InChI is InChI=1S/C12H12N2O3S2/c1-7-8(4-5-10(15)16)19-12(13-7)14-11(17)9-3-2-6-18-9/h2-3,6H,4-5H2,1H3,(H,15,16)(H,13,14,17). The van der Waals surface area contributed by atoms with Crippen LogP contribution in [0.3, 0.4) is 0 Å². The number of nitrogens with one attached hydrogen (secondary N) is 1. The van der Waals surface area contributed by atoms with E-state index in [4.69, 9.17) is 5.11 Å². The van der Waals surface area contributed by atoms with Crippen molar-refractivity contribution >= 4 is 39.7 Å². The molecule has 2 N–H and O–H groups in total. The van der Waals surface area contributed by atoms with E-state index in [2.05, 4.69) is 10.3 Å². The molecule has 0 saturated carbocycles. The monoisotopic (exact) mass is 296 g/mol. The molecule has 1 amide bonds. The van der Waals surface area contributed by atoms with E-state index in [-0.39, 0.29) is 12.3 Å². The number of nitrogens with zero attached hydrogens (tertiary/aromatic N) is 1. The summed E-state index contributed by atoms with van der Waals surface area (Å²) in [5.41, 5.74) is 0.771. The summed E-state index contributed by atoms with van der Waals surface area (Å²) in [7, 11) is 0. The largest absolute Gasteiger partial charge is 0.481 e. The lowest BCUT2D eigenvalue weighted by Gasteiger charge is -1.97. The van der Waals surface area contributed by atoms with Crippen LogP contribution >= 0.6 is 22.7 Å². The first-order valence-corrected chi connectivity index (χ1v) is 7.29. The fourth-order valence-corrected chi connectivity index (χ4v) is 3.08. The summed E-state index contributed by atoms with van der Waals surface area (Å²) >= 11 is 2.69. The third kappa shape index (κ3) is 3.62. The van der Waals surface area contributed by atoms with Crippen LogP contribution in [0.25, 0.3) is 0 Å². The molecule has 0 radical (unpaired) electrons. The van der Waals surface area contributed by atoms with E-state index in [0.717, 1.165) is 10.6 Å². The second-order valence-corrected chi connectivity index (χ2v) is 5.88. The Morgan fingerprint density at radius 1 is 1.47 bits per heavy atom. The Balaban J connectivity index is 2.03. The van der Waals surface area contributed by atoms with E-state index < -0.39 is 5.97 Å². The summed E-state index contributed by atoms with van der Waals surface area (Å²) in [5, 5.41) is 13.7. The topological polar surface area (TPSA) is 79.3 Å². The number of thiazole rings is 1. The second kappa shape index (κ2) is 5.94. The average Bonchev–Trinajstić information content (AvgIpc) is 2.96. The number of thiophene rings is 1. The van der Waals surface area contributed by atoms with Gasteiger partial charge in [-0.25, -0.2) is 4.98 Å². The number of amides is 1. The number of carboxylic acid groups (broad SMARTS) is 1.